The van der Waals surface area contributed by atoms with Crippen molar-refractivity contribution in [3.8, 4) is 0 Å². The van der Waals surface area contributed by atoms with Gasteiger partial charge >= 0.3 is 0 Å². The first-order chi connectivity index (χ1) is 6.97. The highest BCUT2D eigenvalue weighted by atomic mass is 16.5. The van der Waals surface area contributed by atoms with Gasteiger partial charge in [-0.3, -0.25) is 0 Å². The molecule has 0 radical (unpaired) electrons. The van der Waals surface area contributed by atoms with Crippen molar-refractivity contribution in [1.29, 1.82) is 0 Å². The van der Waals surface area contributed by atoms with Crippen LogP contribution in [-0.4, -0.2) is 10.1 Å². The second kappa shape index (κ2) is 3.59. The van der Waals surface area contributed by atoms with Crippen LogP contribution in [0.25, 0.3) is 0 Å². The molecule has 1 aliphatic carbocycles. The van der Waals surface area contributed by atoms with Gasteiger partial charge in [-0.2, -0.15) is 4.98 Å². The summed E-state index contributed by atoms with van der Waals surface area (Å²) in [5, 5.41) is 3.95. The van der Waals surface area contributed by atoms with Gasteiger partial charge in [-0.05, 0) is 24.2 Å². The molecule has 2 N–H and O–H groups in total. The van der Waals surface area contributed by atoms with Crippen LogP contribution >= 0.6 is 0 Å². The zero-order chi connectivity index (χ0) is 11.1. The van der Waals surface area contributed by atoms with E-state index in [4.69, 9.17) is 10.3 Å². The van der Waals surface area contributed by atoms with Gasteiger partial charge in [-0.15, -0.1) is 0 Å². The number of nitrogens with two attached hydrogens (primary N) is 1. The number of hydrogen-bond donors (Lipinski definition) is 1. The monoisotopic (exact) mass is 209 g/mol. The molecule has 0 aliphatic heterocycles. The standard InChI is InChI=1S/C11H19N3O/c1-11(2,3)9(12)10-13-8(15-14-10)6-7-4-5-7/h7,9H,4-6,12H2,1-3H3. The summed E-state index contributed by atoms with van der Waals surface area (Å²) < 4.78 is 5.19. The summed E-state index contributed by atoms with van der Waals surface area (Å²) in [6.07, 6.45) is 3.51. The molecule has 1 aromatic rings. The van der Waals surface area contributed by atoms with Crippen LogP contribution in [0.3, 0.4) is 0 Å². The van der Waals surface area contributed by atoms with Crippen molar-refractivity contribution >= 4 is 0 Å². The molecule has 4 heteroatoms. The first-order valence-electron chi connectivity index (χ1n) is 5.55. The Morgan fingerprint density at radius 3 is 2.67 bits per heavy atom. The fourth-order valence-electron chi connectivity index (χ4n) is 1.43. The van der Waals surface area contributed by atoms with E-state index >= 15 is 0 Å². The number of rotatable bonds is 3. The first-order valence-corrected chi connectivity index (χ1v) is 5.55. The van der Waals surface area contributed by atoms with E-state index in [9.17, 15) is 0 Å². The highest BCUT2D eigenvalue weighted by Gasteiger charge is 2.29. The minimum atomic E-state index is -0.158. The fourth-order valence-corrected chi connectivity index (χ4v) is 1.43. The predicted molar refractivity (Wildman–Crippen MR) is 57.1 cm³/mol. The van der Waals surface area contributed by atoms with E-state index in [0.717, 1.165) is 18.2 Å². The van der Waals surface area contributed by atoms with E-state index in [1.807, 2.05) is 0 Å². The molecule has 84 valence electrons. The molecular formula is C11H19N3O. The quantitative estimate of drug-likeness (QED) is 0.827. The molecule has 1 heterocycles. The summed E-state index contributed by atoms with van der Waals surface area (Å²) in [4.78, 5) is 4.35. The topological polar surface area (TPSA) is 64.9 Å². The maximum atomic E-state index is 6.05. The Labute approximate surface area is 90.2 Å². The van der Waals surface area contributed by atoms with E-state index in [1.165, 1.54) is 12.8 Å². The summed E-state index contributed by atoms with van der Waals surface area (Å²) in [6.45, 7) is 6.23. The molecule has 15 heavy (non-hydrogen) atoms. The average Bonchev–Trinajstić information content (AvgIpc) is 2.80. The minimum Gasteiger partial charge on any atom is -0.339 e. The smallest absolute Gasteiger partial charge is 0.226 e. The zero-order valence-corrected chi connectivity index (χ0v) is 9.66. The molecule has 1 aliphatic rings. The Morgan fingerprint density at radius 2 is 2.13 bits per heavy atom. The molecule has 0 amide bonds. The second-order valence-electron chi connectivity index (χ2n) is 5.54. The third-order valence-corrected chi connectivity index (χ3v) is 2.86. The van der Waals surface area contributed by atoms with Gasteiger partial charge in [0.15, 0.2) is 5.82 Å². The lowest BCUT2D eigenvalue weighted by atomic mass is 9.87. The van der Waals surface area contributed by atoms with Crippen molar-refractivity contribution in [3.05, 3.63) is 11.7 Å². The van der Waals surface area contributed by atoms with Crippen LogP contribution in [0.1, 0.15) is 51.4 Å². The van der Waals surface area contributed by atoms with Gasteiger partial charge in [-0.1, -0.05) is 25.9 Å². The van der Waals surface area contributed by atoms with Crippen LogP contribution in [0.5, 0.6) is 0 Å². The lowest BCUT2D eigenvalue weighted by Gasteiger charge is -2.23. The molecule has 1 atom stereocenters. The molecule has 1 saturated carbocycles. The molecule has 1 unspecified atom stereocenters. The molecule has 0 spiro atoms. The van der Waals surface area contributed by atoms with E-state index in [0.29, 0.717) is 5.82 Å². The van der Waals surface area contributed by atoms with Crippen LogP contribution in [0, 0.1) is 11.3 Å². The fraction of sp³-hybridized carbons (Fsp3) is 0.818. The van der Waals surface area contributed by atoms with Crippen molar-refractivity contribution in [1.82, 2.24) is 10.1 Å². The molecule has 0 saturated heterocycles. The van der Waals surface area contributed by atoms with Crippen LogP contribution in [0.4, 0.5) is 0 Å². The van der Waals surface area contributed by atoms with Crippen LogP contribution in [0.2, 0.25) is 0 Å². The Kier molecular flexibility index (Phi) is 2.54. The van der Waals surface area contributed by atoms with Crippen LogP contribution < -0.4 is 5.73 Å². The van der Waals surface area contributed by atoms with Crippen molar-refractivity contribution in [2.24, 2.45) is 17.1 Å². The van der Waals surface area contributed by atoms with Gasteiger partial charge < -0.3 is 10.3 Å². The van der Waals surface area contributed by atoms with Gasteiger partial charge in [0.1, 0.15) is 0 Å². The minimum absolute atomic E-state index is 0.0271. The van der Waals surface area contributed by atoms with E-state index in [2.05, 4.69) is 30.9 Å². The number of hydrogen-bond acceptors (Lipinski definition) is 4. The summed E-state index contributed by atoms with van der Waals surface area (Å²) in [6, 6.07) is -0.158. The maximum Gasteiger partial charge on any atom is 0.226 e. The molecule has 1 fully saturated rings. The zero-order valence-electron chi connectivity index (χ0n) is 9.66. The Hall–Kier alpha value is -0.900. The molecule has 0 aromatic carbocycles. The van der Waals surface area contributed by atoms with Gasteiger partial charge in [0.25, 0.3) is 0 Å². The Bertz CT molecular complexity index is 336. The van der Waals surface area contributed by atoms with Gasteiger partial charge in [0, 0.05) is 6.42 Å². The maximum absolute atomic E-state index is 6.05. The Balaban J connectivity index is 2.05. The Morgan fingerprint density at radius 1 is 1.47 bits per heavy atom. The third-order valence-electron chi connectivity index (χ3n) is 2.86. The normalized spacial score (nSPS) is 19.2. The highest BCUT2D eigenvalue weighted by Crippen LogP contribution is 2.33. The first kappa shape index (κ1) is 10.6. The van der Waals surface area contributed by atoms with Crippen LogP contribution in [0.15, 0.2) is 4.52 Å². The molecule has 4 nitrogen and oxygen atoms in total. The van der Waals surface area contributed by atoms with Crippen molar-refractivity contribution in [2.75, 3.05) is 0 Å². The third kappa shape index (κ3) is 2.56. The van der Waals surface area contributed by atoms with Gasteiger partial charge in [0.2, 0.25) is 5.89 Å². The van der Waals surface area contributed by atoms with Crippen LogP contribution in [-0.2, 0) is 6.42 Å². The van der Waals surface area contributed by atoms with E-state index in [-0.39, 0.29) is 11.5 Å². The summed E-state index contributed by atoms with van der Waals surface area (Å²) in [7, 11) is 0. The summed E-state index contributed by atoms with van der Waals surface area (Å²) in [5.74, 6) is 2.15. The lowest BCUT2D eigenvalue weighted by molar-refractivity contribution is 0.300. The molecular weight excluding hydrogens is 190 g/mol. The largest absolute Gasteiger partial charge is 0.339 e. The SMILES string of the molecule is CC(C)(C)C(N)c1noc(CC2CC2)n1. The summed E-state index contributed by atoms with van der Waals surface area (Å²) in [5.41, 5.74) is 6.02. The van der Waals surface area contributed by atoms with E-state index in [1.54, 1.807) is 0 Å². The summed E-state index contributed by atoms with van der Waals surface area (Å²) >= 11 is 0. The van der Waals surface area contributed by atoms with Crippen molar-refractivity contribution in [3.63, 3.8) is 0 Å². The van der Waals surface area contributed by atoms with Gasteiger partial charge in [0.05, 0.1) is 6.04 Å². The molecule has 1 aromatic heterocycles. The van der Waals surface area contributed by atoms with E-state index < -0.39 is 0 Å². The molecule has 2 rings (SSSR count). The number of aromatic nitrogens is 2. The number of nitrogens with zero attached hydrogens (tertiary/aromatic N) is 2. The van der Waals surface area contributed by atoms with Crippen molar-refractivity contribution in [2.45, 2.75) is 46.1 Å². The molecule has 0 bridgehead atoms. The van der Waals surface area contributed by atoms with Gasteiger partial charge in [-0.25, -0.2) is 0 Å². The predicted octanol–water partition coefficient (Wildman–Crippen LogP) is 2.07. The highest BCUT2D eigenvalue weighted by molar-refractivity contribution is 4.99. The lowest BCUT2D eigenvalue weighted by Crippen LogP contribution is -2.27. The average molecular weight is 209 g/mol. The second-order valence-corrected chi connectivity index (χ2v) is 5.54. The van der Waals surface area contributed by atoms with Crippen molar-refractivity contribution < 1.29 is 4.52 Å².